The van der Waals surface area contributed by atoms with Crippen LogP contribution in [0.4, 0.5) is 0 Å². The summed E-state index contributed by atoms with van der Waals surface area (Å²) < 4.78 is 1.85. The minimum atomic E-state index is -0.251. The molecule has 4 aromatic rings. The molecule has 0 aliphatic rings. The molecule has 134 valence electrons. The molecule has 0 bridgehead atoms. The molecule has 0 aliphatic carbocycles. The molecule has 1 N–H and O–H groups in total. The summed E-state index contributed by atoms with van der Waals surface area (Å²) in [5.74, 6) is -0.251. The Morgan fingerprint density at radius 2 is 1.70 bits per heavy atom. The van der Waals surface area contributed by atoms with E-state index in [1.165, 1.54) is 0 Å². The molecule has 0 atom stereocenters. The lowest BCUT2D eigenvalue weighted by atomic mass is 10.1. The number of carbonyl (C=O) groups is 1. The van der Waals surface area contributed by atoms with Gasteiger partial charge in [0.15, 0.2) is 5.43 Å². The molecule has 0 saturated heterocycles. The molecule has 0 unspecified atom stereocenters. The average molecular weight is 375 g/mol. The van der Waals surface area contributed by atoms with Crippen LogP contribution in [0.2, 0.25) is 0 Å². The first kappa shape index (κ1) is 17.2. The van der Waals surface area contributed by atoms with E-state index in [-0.39, 0.29) is 17.9 Å². The summed E-state index contributed by atoms with van der Waals surface area (Å²) in [6.45, 7) is 2.07. The third-order valence-electron chi connectivity index (χ3n) is 4.45. The molecule has 5 nitrogen and oxygen atoms in total. The molecule has 4 rings (SSSR count). The Bertz CT molecular complexity index is 1180. The Morgan fingerprint density at radius 3 is 2.30 bits per heavy atom. The number of carbonyl (C=O) groups excluding carboxylic acids is 1. The van der Waals surface area contributed by atoms with E-state index < -0.39 is 0 Å². The van der Waals surface area contributed by atoms with Gasteiger partial charge in [0.25, 0.3) is 5.91 Å². The van der Waals surface area contributed by atoms with Crippen molar-refractivity contribution in [1.82, 2.24) is 9.99 Å². The summed E-state index contributed by atoms with van der Waals surface area (Å²) in [5, 5.41) is 7.24. The lowest BCUT2D eigenvalue weighted by Gasteiger charge is -2.14. The van der Waals surface area contributed by atoms with Crippen LogP contribution in [-0.4, -0.2) is 16.7 Å². The maximum absolute atomic E-state index is 12.7. The van der Waals surface area contributed by atoms with Crippen LogP contribution < -0.4 is 10.9 Å². The van der Waals surface area contributed by atoms with Gasteiger partial charge in [-0.25, -0.2) is 5.43 Å². The van der Waals surface area contributed by atoms with Gasteiger partial charge in [-0.2, -0.15) is 5.10 Å². The number of nitrogens with zero attached hydrogens (tertiary/aromatic N) is 2. The standard InChI is InChI=1S/C21H17N3O2S/c1-14-10-11-27-19(14)12-22-23-20(25)13-24-17-8-4-2-6-15(17)21(26)16-7-3-5-9-18(16)24/h2-12H,13H2,1H3,(H,23,25)/b22-12+. The highest BCUT2D eigenvalue weighted by Crippen LogP contribution is 2.19. The third-order valence-corrected chi connectivity index (χ3v) is 5.41. The van der Waals surface area contributed by atoms with Crippen molar-refractivity contribution in [2.24, 2.45) is 5.10 Å². The van der Waals surface area contributed by atoms with Gasteiger partial charge < -0.3 is 4.57 Å². The zero-order valence-electron chi connectivity index (χ0n) is 14.7. The van der Waals surface area contributed by atoms with E-state index in [0.717, 1.165) is 21.5 Å². The molecule has 0 saturated carbocycles. The first-order valence-electron chi connectivity index (χ1n) is 8.51. The second-order valence-electron chi connectivity index (χ2n) is 6.21. The largest absolute Gasteiger partial charge is 0.331 e. The monoisotopic (exact) mass is 375 g/mol. The highest BCUT2D eigenvalue weighted by atomic mass is 32.1. The highest BCUT2D eigenvalue weighted by molar-refractivity contribution is 7.11. The maximum atomic E-state index is 12.7. The fraction of sp³-hybridized carbons (Fsp3) is 0.0952. The van der Waals surface area contributed by atoms with Crippen molar-refractivity contribution in [3.63, 3.8) is 0 Å². The second kappa shape index (κ2) is 7.17. The topological polar surface area (TPSA) is 63.5 Å². The predicted octanol–water partition coefficient (Wildman–Crippen LogP) is 3.67. The van der Waals surface area contributed by atoms with Crippen LogP contribution in [0, 0.1) is 6.92 Å². The number of thiophene rings is 1. The number of aromatic nitrogens is 1. The van der Waals surface area contributed by atoms with Crippen LogP contribution in [0.5, 0.6) is 0 Å². The van der Waals surface area contributed by atoms with Crippen molar-refractivity contribution in [3.8, 4) is 0 Å². The third kappa shape index (κ3) is 3.27. The number of aryl methyl sites for hydroxylation is 1. The van der Waals surface area contributed by atoms with Crippen molar-refractivity contribution in [3.05, 3.63) is 80.6 Å². The number of nitrogens with one attached hydrogen (secondary N) is 1. The van der Waals surface area contributed by atoms with Crippen LogP contribution in [-0.2, 0) is 11.3 Å². The number of hydrogen-bond acceptors (Lipinski definition) is 4. The number of rotatable bonds is 4. The van der Waals surface area contributed by atoms with Crippen molar-refractivity contribution >= 4 is 45.3 Å². The molecule has 0 aliphatic heterocycles. The minimum absolute atomic E-state index is 0.0240. The number of benzene rings is 2. The number of pyridine rings is 1. The van der Waals surface area contributed by atoms with Gasteiger partial charge in [0, 0.05) is 15.6 Å². The summed E-state index contributed by atoms with van der Waals surface area (Å²) >= 11 is 1.57. The quantitative estimate of drug-likeness (QED) is 0.336. The van der Waals surface area contributed by atoms with E-state index in [9.17, 15) is 9.59 Å². The summed E-state index contributed by atoms with van der Waals surface area (Å²) in [4.78, 5) is 26.2. The molecule has 2 aromatic carbocycles. The molecule has 0 spiro atoms. The van der Waals surface area contributed by atoms with Gasteiger partial charge in [0.2, 0.25) is 0 Å². The van der Waals surface area contributed by atoms with Gasteiger partial charge >= 0.3 is 0 Å². The van der Waals surface area contributed by atoms with Gasteiger partial charge in [0.05, 0.1) is 17.2 Å². The summed E-state index contributed by atoms with van der Waals surface area (Å²) in [5.41, 5.74) is 5.14. The van der Waals surface area contributed by atoms with Gasteiger partial charge in [-0.15, -0.1) is 11.3 Å². The van der Waals surface area contributed by atoms with Gasteiger partial charge in [0.1, 0.15) is 6.54 Å². The fourth-order valence-electron chi connectivity index (χ4n) is 3.11. The van der Waals surface area contributed by atoms with Crippen LogP contribution in [0.3, 0.4) is 0 Å². The Morgan fingerprint density at radius 1 is 1.07 bits per heavy atom. The van der Waals surface area contributed by atoms with Crippen molar-refractivity contribution in [2.75, 3.05) is 0 Å². The van der Waals surface area contributed by atoms with Crippen molar-refractivity contribution in [1.29, 1.82) is 0 Å². The summed E-state index contributed by atoms with van der Waals surface area (Å²) in [7, 11) is 0. The number of para-hydroxylation sites is 2. The molecule has 0 fully saturated rings. The van der Waals surface area contributed by atoms with Gasteiger partial charge in [-0.05, 0) is 48.2 Å². The van der Waals surface area contributed by atoms with Crippen LogP contribution in [0.1, 0.15) is 10.4 Å². The lowest BCUT2D eigenvalue weighted by molar-refractivity contribution is -0.121. The summed E-state index contributed by atoms with van der Waals surface area (Å²) in [6, 6.07) is 16.7. The zero-order valence-corrected chi connectivity index (χ0v) is 15.5. The number of hydrazone groups is 1. The van der Waals surface area contributed by atoms with E-state index >= 15 is 0 Å². The van der Waals surface area contributed by atoms with E-state index in [0.29, 0.717) is 10.8 Å². The van der Waals surface area contributed by atoms with Crippen molar-refractivity contribution in [2.45, 2.75) is 13.5 Å². The maximum Gasteiger partial charge on any atom is 0.260 e. The molecule has 0 radical (unpaired) electrons. The Kier molecular flexibility index (Phi) is 4.56. The molecule has 1 amide bonds. The number of hydrogen-bond donors (Lipinski definition) is 1. The fourth-order valence-corrected chi connectivity index (χ4v) is 3.89. The van der Waals surface area contributed by atoms with E-state index in [2.05, 4.69) is 10.5 Å². The molecular weight excluding hydrogens is 358 g/mol. The highest BCUT2D eigenvalue weighted by Gasteiger charge is 2.12. The SMILES string of the molecule is Cc1ccsc1/C=N/NC(=O)Cn1c2ccccc2c(=O)c2ccccc21. The second-order valence-corrected chi connectivity index (χ2v) is 7.16. The van der Waals surface area contributed by atoms with Gasteiger partial charge in [-0.3, -0.25) is 9.59 Å². The smallest absolute Gasteiger partial charge is 0.260 e. The Balaban J connectivity index is 1.69. The molecule has 2 aromatic heterocycles. The molecular formula is C21H17N3O2S. The first-order valence-corrected chi connectivity index (χ1v) is 9.39. The number of fused-ring (bicyclic) bond motifs is 2. The van der Waals surface area contributed by atoms with Crippen LogP contribution in [0.25, 0.3) is 21.8 Å². The van der Waals surface area contributed by atoms with E-state index in [1.807, 2.05) is 59.3 Å². The molecule has 2 heterocycles. The lowest BCUT2D eigenvalue weighted by Crippen LogP contribution is -2.25. The minimum Gasteiger partial charge on any atom is -0.331 e. The summed E-state index contributed by atoms with van der Waals surface area (Å²) in [6.07, 6.45) is 1.65. The Labute approximate surface area is 159 Å². The van der Waals surface area contributed by atoms with Crippen molar-refractivity contribution < 1.29 is 4.79 Å². The number of amides is 1. The van der Waals surface area contributed by atoms with Crippen LogP contribution >= 0.6 is 11.3 Å². The first-order chi connectivity index (χ1) is 13.1. The predicted molar refractivity (Wildman–Crippen MR) is 111 cm³/mol. The normalized spacial score (nSPS) is 11.4. The zero-order chi connectivity index (χ0) is 18.8. The molecule has 27 heavy (non-hydrogen) atoms. The van der Waals surface area contributed by atoms with Crippen LogP contribution in [0.15, 0.2) is 69.9 Å². The van der Waals surface area contributed by atoms with Gasteiger partial charge in [-0.1, -0.05) is 24.3 Å². The van der Waals surface area contributed by atoms with E-state index in [4.69, 9.17) is 0 Å². The molecule has 6 heteroatoms. The average Bonchev–Trinajstić information content (AvgIpc) is 3.10. The van der Waals surface area contributed by atoms with E-state index in [1.54, 1.807) is 29.7 Å². The Hall–Kier alpha value is -3.25.